The SMILES string of the molecule is N[C@@H](CS)C(=O)OC(=O)CCCC[C@@H]1SC[C@@H]2NC(=O)N[C@@H]21. The van der Waals surface area contributed by atoms with Crippen molar-refractivity contribution in [1.82, 2.24) is 10.6 Å². The molecule has 9 heteroatoms. The van der Waals surface area contributed by atoms with Gasteiger partial charge in [0.2, 0.25) is 0 Å². The molecule has 22 heavy (non-hydrogen) atoms. The van der Waals surface area contributed by atoms with Crippen LogP contribution in [0.1, 0.15) is 25.7 Å². The molecule has 0 unspecified atom stereocenters. The Labute approximate surface area is 138 Å². The van der Waals surface area contributed by atoms with Gasteiger partial charge in [0, 0.05) is 23.2 Å². The van der Waals surface area contributed by atoms with Crippen LogP contribution in [0.4, 0.5) is 4.79 Å². The molecule has 2 rings (SSSR count). The van der Waals surface area contributed by atoms with E-state index in [2.05, 4.69) is 28.0 Å². The van der Waals surface area contributed by atoms with Crippen molar-refractivity contribution < 1.29 is 19.1 Å². The zero-order valence-corrected chi connectivity index (χ0v) is 13.8. The fraction of sp³-hybridized carbons (Fsp3) is 0.769. The summed E-state index contributed by atoms with van der Waals surface area (Å²) in [6, 6.07) is -0.562. The second-order valence-electron chi connectivity index (χ2n) is 5.45. The smallest absolute Gasteiger partial charge is 0.331 e. The third-order valence-electron chi connectivity index (χ3n) is 3.77. The molecule has 4 N–H and O–H groups in total. The molecule has 0 spiro atoms. The van der Waals surface area contributed by atoms with Gasteiger partial charge in [-0.2, -0.15) is 24.4 Å². The maximum absolute atomic E-state index is 11.5. The van der Waals surface area contributed by atoms with E-state index in [-0.39, 0.29) is 30.3 Å². The monoisotopic (exact) mass is 347 g/mol. The lowest BCUT2D eigenvalue weighted by atomic mass is 10.0. The second-order valence-corrected chi connectivity index (χ2v) is 7.09. The van der Waals surface area contributed by atoms with Gasteiger partial charge in [-0.05, 0) is 12.8 Å². The molecule has 0 aromatic carbocycles. The van der Waals surface area contributed by atoms with Crippen molar-refractivity contribution in [3.63, 3.8) is 0 Å². The van der Waals surface area contributed by atoms with E-state index in [0.29, 0.717) is 11.7 Å². The molecule has 0 bridgehead atoms. The van der Waals surface area contributed by atoms with Crippen LogP contribution >= 0.6 is 24.4 Å². The second kappa shape index (κ2) is 8.07. The number of unbranched alkanes of at least 4 members (excludes halogenated alkanes) is 1. The van der Waals surface area contributed by atoms with Gasteiger partial charge in [-0.3, -0.25) is 4.79 Å². The van der Waals surface area contributed by atoms with Crippen molar-refractivity contribution >= 4 is 42.4 Å². The van der Waals surface area contributed by atoms with Gasteiger partial charge in [-0.15, -0.1) is 0 Å². The number of carbonyl (C=O) groups is 3. The Morgan fingerprint density at radius 3 is 2.91 bits per heavy atom. The van der Waals surface area contributed by atoms with E-state index in [1.165, 1.54) is 0 Å². The van der Waals surface area contributed by atoms with E-state index < -0.39 is 18.0 Å². The molecule has 124 valence electrons. The van der Waals surface area contributed by atoms with Gasteiger partial charge in [0.15, 0.2) is 0 Å². The van der Waals surface area contributed by atoms with E-state index in [1.54, 1.807) is 0 Å². The van der Waals surface area contributed by atoms with E-state index in [4.69, 9.17) is 5.73 Å². The molecular formula is C13H21N3O4S2. The number of esters is 2. The molecule has 0 radical (unpaired) electrons. The number of amides is 2. The normalized spacial score (nSPS) is 27.7. The number of thioether (sulfide) groups is 1. The first kappa shape index (κ1) is 17.4. The minimum Gasteiger partial charge on any atom is -0.392 e. The standard InChI is InChI=1S/C13H21N3O4S2/c14-7(5-21)12(18)20-10(17)4-2-1-3-9-11-8(6-22-9)15-13(19)16-11/h7-9,11,21H,1-6,14H2,(H2,15,16,19)/t7-,8-,9-,11-/m0/s1. The minimum atomic E-state index is -0.863. The van der Waals surface area contributed by atoms with Crippen LogP contribution in [-0.2, 0) is 14.3 Å². The summed E-state index contributed by atoms with van der Waals surface area (Å²) in [7, 11) is 0. The molecule has 2 aliphatic rings. The molecule has 0 aromatic rings. The molecule has 2 fully saturated rings. The third kappa shape index (κ3) is 4.53. The highest BCUT2D eigenvalue weighted by atomic mass is 32.2. The van der Waals surface area contributed by atoms with Gasteiger partial charge in [-0.1, -0.05) is 6.42 Å². The largest absolute Gasteiger partial charge is 0.392 e. The predicted octanol–water partition coefficient (Wildman–Crippen LogP) is 0.0391. The molecular weight excluding hydrogens is 326 g/mol. The quantitative estimate of drug-likeness (QED) is 0.170. The zero-order chi connectivity index (χ0) is 16.1. The number of nitrogens with two attached hydrogens (primary N) is 1. The molecule has 2 amide bonds. The molecule has 4 atom stereocenters. The molecule has 2 aliphatic heterocycles. The predicted molar refractivity (Wildman–Crippen MR) is 86.9 cm³/mol. The minimum absolute atomic E-state index is 0.0945. The number of rotatable bonds is 7. The maximum Gasteiger partial charge on any atom is 0.331 e. The number of hydrogen-bond acceptors (Lipinski definition) is 7. The zero-order valence-electron chi connectivity index (χ0n) is 12.1. The lowest BCUT2D eigenvalue weighted by molar-refractivity contribution is -0.160. The summed E-state index contributed by atoms with van der Waals surface area (Å²) in [5.74, 6) is -0.205. The van der Waals surface area contributed by atoms with Crippen LogP contribution in [0.25, 0.3) is 0 Å². The van der Waals surface area contributed by atoms with Crippen LogP contribution in [0.3, 0.4) is 0 Å². The first-order valence-corrected chi connectivity index (χ1v) is 8.99. The Hall–Kier alpha value is -0.930. The molecule has 0 aromatic heterocycles. The topological polar surface area (TPSA) is 111 Å². The summed E-state index contributed by atoms with van der Waals surface area (Å²) in [6.07, 6.45) is 2.61. The molecule has 2 saturated heterocycles. The van der Waals surface area contributed by atoms with Crippen molar-refractivity contribution in [2.24, 2.45) is 5.73 Å². The average molecular weight is 347 g/mol. The summed E-state index contributed by atoms with van der Waals surface area (Å²) >= 11 is 5.71. The summed E-state index contributed by atoms with van der Waals surface area (Å²) < 4.78 is 4.63. The van der Waals surface area contributed by atoms with Crippen LogP contribution < -0.4 is 16.4 Å². The molecule has 0 aliphatic carbocycles. The number of hydrogen-bond donors (Lipinski definition) is 4. The first-order chi connectivity index (χ1) is 10.5. The van der Waals surface area contributed by atoms with E-state index in [1.807, 2.05) is 11.8 Å². The maximum atomic E-state index is 11.5. The van der Waals surface area contributed by atoms with Crippen LogP contribution in [0.5, 0.6) is 0 Å². The lowest BCUT2D eigenvalue weighted by Crippen LogP contribution is -2.36. The Bertz CT molecular complexity index is 449. The highest BCUT2D eigenvalue weighted by Crippen LogP contribution is 2.33. The van der Waals surface area contributed by atoms with Crippen molar-refractivity contribution in [2.75, 3.05) is 11.5 Å². The van der Waals surface area contributed by atoms with E-state index in [0.717, 1.165) is 18.6 Å². The summed E-state index contributed by atoms with van der Waals surface area (Å²) in [6.45, 7) is 0. The van der Waals surface area contributed by atoms with Gasteiger partial charge in [0.25, 0.3) is 0 Å². The summed E-state index contributed by atoms with van der Waals surface area (Å²) in [5.41, 5.74) is 5.42. The van der Waals surface area contributed by atoms with Crippen molar-refractivity contribution in [3.8, 4) is 0 Å². The van der Waals surface area contributed by atoms with Crippen molar-refractivity contribution in [3.05, 3.63) is 0 Å². The summed E-state index contributed by atoms with van der Waals surface area (Å²) in [4.78, 5) is 34.1. The van der Waals surface area contributed by atoms with Crippen LogP contribution in [0.2, 0.25) is 0 Å². The number of nitrogens with one attached hydrogen (secondary N) is 2. The number of ether oxygens (including phenoxy) is 1. The molecule has 2 heterocycles. The van der Waals surface area contributed by atoms with Gasteiger partial charge in [0.05, 0.1) is 12.1 Å². The van der Waals surface area contributed by atoms with Crippen molar-refractivity contribution in [2.45, 2.75) is 49.1 Å². The van der Waals surface area contributed by atoms with Gasteiger partial charge in [-0.25, -0.2) is 9.59 Å². The Kier molecular flexibility index (Phi) is 6.39. The third-order valence-corrected chi connectivity index (χ3v) is 5.67. The van der Waals surface area contributed by atoms with Gasteiger partial charge < -0.3 is 21.1 Å². The van der Waals surface area contributed by atoms with Gasteiger partial charge in [0.1, 0.15) is 6.04 Å². The molecule has 7 nitrogen and oxygen atoms in total. The van der Waals surface area contributed by atoms with Crippen LogP contribution in [-0.4, -0.2) is 52.9 Å². The highest BCUT2D eigenvalue weighted by molar-refractivity contribution is 8.00. The Balaban J connectivity index is 1.60. The fourth-order valence-corrected chi connectivity index (χ4v) is 4.26. The number of fused-ring (bicyclic) bond motifs is 1. The highest BCUT2D eigenvalue weighted by Gasteiger charge is 2.42. The number of carbonyl (C=O) groups excluding carboxylic acids is 3. The average Bonchev–Trinajstić information content (AvgIpc) is 3.02. The summed E-state index contributed by atoms with van der Waals surface area (Å²) in [5, 5.41) is 6.20. The molecule has 0 saturated carbocycles. The lowest BCUT2D eigenvalue weighted by Gasteiger charge is -2.16. The Morgan fingerprint density at radius 2 is 2.18 bits per heavy atom. The van der Waals surface area contributed by atoms with Crippen molar-refractivity contribution in [1.29, 1.82) is 0 Å². The fourth-order valence-electron chi connectivity index (χ4n) is 2.57. The van der Waals surface area contributed by atoms with Gasteiger partial charge >= 0.3 is 18.0 Å². The van der Waals surface area contributed by atoms with E-state index in [9.17, 15) is 14.4 Å². The van der Waals surface area contributed by atoms with Crippen LogP contribution in [0, 0.1) is 0 Å². The number of urea groups is 1. The first-order valence-electron chi connectivity index (χ1n) is 7.31. The number of thiol groups is 1. The van der Waals surface area contributed by atoms with E-state index >= 15 is 0 Å². The van der Waals surface area contributed by atoms with Crippen LogP contribution in [0.15, 0.2) is 0 Å². The Morgan fingerprint density at radius 1 is 1.41 bits per heavy atom.